The van der Waals surface area contributed by atoms with Gasteiger partial charge < -0.3 is 24.2 Å². The van der Waals surface area contributed by atoms with E-state index in [4.69, 9.17) is 14.2 Å². The van der Waals surface area contributed by atoms with Gasteiger partial charge in [-0.15, -0.1) is 5.10 Å². The maximum Gasteiger partial charge on any atom is 0.159 e. The Bertz CT molecular complexity index is 1050. The summed E-state index contributed by atoms with van der Waals surface area (Å²) in [6.45, 7) is 4.48. The second-order valence-corrected chi connectivity index (χ2v) is 9.52. The average molecular weight is 495 g/mol. The van der Waals surface area contributed by atoms with Crippen LogP contribution in [-0.4, -0.2) is 70.7 Å². The topological polar surface area (TPSA) is 81.9 Å². The lowest BCUT2D eigenvalue weighted by atomic mass is 10.0. The molecule has 8 nitrogen and oxygen atoms in total. The Kier molecular flexibility index (Phi) is 9.47. The van der Waals surface area contributed by atoms with E-state index in [-0.39, 0.29) is 19.0 Å². The molecule has 0 saturated carbocycles. The zero-order valence-electron chi connectivity index (χ0n) is 21.5. The predicted molar refractivity (Wildman–Crippen MR) is 139 cm³/mol. The van der Waals surface area contributed by atoms with Crippen LogP contribution in [0.4, 0.5) is 0 Å². The first kappa shape index (κ1) is 26.3. The highest BCUT2D eigenvalue weighted by molar-refractivity contribution is 5.64. The van der Waals surface area contributed by atoms with Crippen LogP contribution < -0.4 is 4.74 Å². The van der Waals surface area contributed by atoms with E-state index >= 15 is 0 Å². The molecule has 1 aliphatic heterocycles. The van der Waals surface area contributed by atoms with E-state index in [1.807, 2.05) is 47.3 Å². The van der Waals surface area contributed by atoms with Crippen LogP contribution in [0.3, 0.4) is 0 Å². The minimum atomic E-state index is -0.119. The highest BCUT2D eigenvalue weighted by Gasteiger charge is 2.29. The third-order valence-corrected chi connectivity index (χ3v) is 6.77. The minimum Gasteiger partial charge on any atom is -0.494 e. The van der Waals surface area contributed by atoms with Crippen LogP contribution in [0.5, 0.6) is 5.75 Å². The number of nitrogens with zero attached hydrogens (tertiary/aromatic N) is 4. The van der Waals surface area contributed by atoms with E-state index in [1.54, 1.807) is 7.11 Å². The minimum absolute atomic E-state index is 0.0615. The van der Waals surface area contributed by atoms with Gasteiger partial charge in [0.25, 0.3) is 0 Å². The molecule has 194 valence electrons. The van der Waals surface area contributed by atoms with Crippen molar-refractivity contribution in [2.75, 3.05) is 27.3 Å². The Morgan fingerprint density at radius 1 is 1.08 bits per heavy atom. The van der Waals surface area contributed by atoms with Crippen molar-refractivity contribution in [3.8, 4) is 16.9 Å². The number of methoxy groups -OCH3 is 1. The van der Waals surface area contributed by atoms with Gasteiger partial charge in [0, 0.05) is 51.7 Å². The molecule has 1 aromatic heterocycles. The van der Waals surface area contributed by atoms with Crippen molar-refractivity contribution in [2.45, 2.75) is 64.2 Å². The van der Waals surface area contributed by atoms with Crippen molar-refractivity contribution in [1.82, 2.24) is 19.9 Å². The number of hydrogen-bond acceptors (Lipinski definition) is 7. The van der Waals surface area contributed by atoms with Crippen LogP contribution >= 0.6 is 0 Å². The summed E-state index contributed by atoms with van der Waals surface area (Å²) < 4.78 is 19.0. The molecule has 2 heterocycles. The first-order valence-corrected chi connectivity index (χ1v) is 12.7. The molecule has 36 heavy (non-hydrogen) atoms. The zero-order valence-corrected chi connectivity index (χ0v) is 21.5. The Morgan fingerprint density at radius 3 is 2.50 bits per heavy atom. The third-order valence-electron chi connectivity index (χ3n) is 6.77. The molecule has 2 aromatic carbocycles. The summed E-state index contributed by atoms with van der Waals surface area (Å²) in [5.41, 5.74) is 4.16. The number of likely N-dealkylation sites (N-methyl/N-ethyl adjacent to an activating group) is 1. The summed E-state index contributed by atoms with van der Waals surface area (Å²) >= 11 is 0. The molecule has 3 aromatic rings. The number of hydrogen-bond donors (Lipinski definition) is 1. The number of benzene rings is 2. The van der Waals surface area contributed by atoms with E-state index in [1.165, 1.54) is 0 Å². The lowest BCUT2D eigenvalue weighted by molar-refractivity contribution is -0.189. The van der Waals surface area contributed by atoms with Gasteiger partial charge in [0.1, 0.15) is 5.75 Å². The van der Waals surface area contributed by atoms with E-state index in [9.17, 15) is 5.11 Å². The SMILES string of the molecule is CO[C@H]1C[C@@H](N(C)CCc2cn(CCCOc3ccc(-c4ccc(CO)cc4)cc3)nn2)C[C@@H](C)O1. The molecule has 3 atom stereocenters. The molecular formula is C28H38N4O4. The number of aryl methyl sites for hydroxylation is 1. The molecule has 1 saturated heterocycles. The predicted octanol–water partition coefficient (Wildman–Crippen LogP) is 3.92. The van der Waals surface area contributed by atoms with Crippen molar-refractivity contribution >= 4 is 0 Å². The summed E-state index contributed by atoms with van der Waals surface area (Å²) in [4.78, 5) is 2.38. The Balaban J connectivity index is 1.16. The van der Waals surface area contributed by atoms with Gasteiger partial charge in [-0.1, -0.05) is 41.6 Å². The molecule has 1 N–H and O–H groups in total. The van der Waals surface area contributed by atoms with Gasteiger partial charge in [0.05, 0.1) is 25.0 Å². The number of aliphatic hydroxyl groups excluding tert-OH is 1. The first-order chi connectivity index (χ1) is 17.5. The van der Waals surface area contributed by atoms with Crippen molar-refractivity contribution in [1.29, 1.82) is 0 Å². The van der Waals surface area contributed by atoms with Gasteiger partial charge in [-0.3, -0.25) is 4.68 Å². The summed E-state index contributed by atoms with van der Waals surface area (Å²) in [6.07, 6.45) is 5.76. The van der Waals surface area contributed by atoms with E-state index < -0.39 is 0 Å². The van der Waals surface area contributed by atoms with Crippen molar-refractivity contribution in [3.63, 3.8) is 0 Å². The van der Waals surface area contributed by atoms with Gasteiger partial charge in [-0.25, -0.2) is 0 Å². The van der Waals surface area contributed by atoms with Crippen LogP contribution in [0.15, 0.2) is 54.7 Å². The van der Waals surface area contributed by atoms with Crippen LogP contribution in [-0.2, 0) is 29.0 Å². The summed E-state index contributed by atoms with van der Waals surface area (Å²) in [5, 5.41) is 17.8. The molecule has 1 aliphatic rings. The van der Waals surface area contributed by atoms with Gasteiger partial charge in [0.2, 0.25) is 0 Å². The lowest BCUT2D eigenvalue weighted by Gasteiger charge is -2.37. The fraction of sp³-hybridized carbons (Fsp3) is 0.500. The fourth-order valence-corrected chi connectivity index (χ4v) is 4.58. The second-order valence-electron chi connectivity index (χ2n) is 9.52. The molecule has 0 unspecified atom stereocenters. The van der Waals surface area contributed by atoms with Crippen LogP contribution in [0.25, 0.3) is 11.1 Å². The average Bonchev–Trinajstić information content (AvgIpc) is 3.37. The molecule has 1 fully saturated rings. The largest absolute Gasteiger partial charge is 0.494 e. The summed E-state index contributed by atoms with van der Waals surface area (Å²) in [7, 11) is 3.87. The summed E-state index contributed by atoms with van der Waals surface area (Å²) in [6, 6.07) is 16.5. The molecule has 0 spiro atoms. The molecule has 0 amide bonds. The van der Waals surface area contributed by atoms with Gasteiger partial charge in [-0.05, 0) is 49.2 Å². The highest BCUT2D eigenvalue weighted by Crippen LogP contribution is 2.24. The van der Waals surface area contributed by atoms with Gasteiger partial charge in [-0.2, -0.15) is 0 Å². The maximum absolute atomic E-state index is 9.19. The quantitative estimate of drug-likeness (QED) is 0.382. The molecule has 4 rings (SSSR count). The molecule has 0 bridgehead atoms. The van der Waals surface area contributed by atoms with Crippen LogP contribution in [0.1, 0.15) is 37.4 Å². The smallest absolute Gasteiger partial charge is 0.159 e. The van der Waals surface area contributed by atoms with E-state index in [0.29, 0.717) is 12.6 Å². The van der Waals surface area contributed by atoms with Crippen LogP contribution in [0.2, 0.25) is 0 Å². The Labute approximate surface area is 213 Å². The second kappa shape index (κ2) is 13.0. The number of rotatable bonds is 12. The van der Waals surface area contributed by atoms with Gasteiger partial charge >= 0.3 is 0 Å². The fourth-order valence-electron chi connectivity index (χ4n) is 4.58. The number of aromatic nitrogens is 3. The van der Waals surface area contributed by atoms with Crippen molar-refractivity contribution < 1.29 is 19.3 Å². The Morgan fingerprint density at radius 2 is 1.81 bits per heavy atom. The third kappa shape index (κ3) is 7.36. The lowest BCUT2D eigenvalue weighted by Crippen LogP contribution is -2.44. The molecule has 8 heteroatoms. The number of ether oxygens (including phenoxy) is 3. The monoisotopic (exact) mass is 494 g/mol. The van der Waals surface area contributed by atoms with Crippen molar-refractivity contribution in [2.24, 2.45) is 0 Å². The highest BCUT2D eigenvalue weighted by atomic mass is 16.7. The van der Waals surface area contributed by atoms with Crippen molar-refractivity contribution in [3.05, 3.63) is 66.0 Å². The van der Waals surface area contributed by atoms with Crippen LogP contribution in [0, 0.1) is 0 Å². The standard InChI is InChI=1S/C28H38N4O4/c1-21-17-26(18-28(34-3)36-21)31(2)15-13-25-19-32(30-29-25)14-4-16-35-27-11-9-24(10-12-27)23-7-5-22(20-33)6-8-23/h5-12,19,21,26,28,33H,4,13-18,20H2,1-3H3/t21-,26+,28-/m1/s1. The zero-order chi connectivity index (χ0) is 25.3. The molecule has 0 aliphatic carbocycles. The van der Waals surface area contributed by atoms with Gasteiger partial charge in [0.15, 0.2) is 6.29 Å². The molecule has 0 radical (unpaired) electrons. The summed E-state index contributed by atoms with van der Waals surface area (Å²) in [5.74, 6) is 0.853. The number of aliphatic hydroxyl groups is 1. The molecular weight excluding hydrogens is 456 g/mol. The Hall–Kier alpha value is -2.78. The van der Waals surface area contributed by atoms with E-state index in [2.05, 4.69) is 41.3 Å². The first-order valence-electron chi connectivity index (χ1n) is 12.7. The normalized spacial score (nSPS) is 20.1. The maximum atomic E-state index is 9.19. The van der Waals surface area contributed by atoms with E-state index in [0.717, 1.165) is 66.9 Å².